The standard InChI is InChI=1S/C28H33N5O3/c1-35-23-9-7-21(8-10-23)24-11-12-27(30-29-24)32-15-13-22(14-16-32)28(34)33-19-17-31(18-20-33)25-5-3-4-6-26(25)36-2/h3-12,22H,13-20H2,1-2H3. The number of hydrogen-bond donors (Lipinski definition) is 0. The van der Waals surface area contributed by atoms with Crippen LogP contribution in [0.4, 0.5) is 11.5 Å². The number of amides is 1. The Balaban J connectivity index is 1.12. The monoisotopic (exact) mass is 487 g/mol. The van der Waals surface area contributed by atoms with Crippen molar-refractivity contribution < 1.29 is 14.3 Å². The zero-order valence-corrected chi connectivity index (χ0v) is 21.0. The van der Waals surface area contributed by atoms with Crippen molar-refractivity contribution in [2.24, 2.45) is 5.92 Å². The molecule has 2 aliphatic heterocycles. The fourth-order valence-corrected chi connectivity index (χ4v) is 5.08. The molecule has 2 fully saturated rings. The number of para-hydroxylation sites is 2. The van der Waals surface area contributed by atoms with Gasteiger partial charge in [0.05, 0.1) is 25.6 Å². The Morgan fingerprint density at radius 1 is 0.778 bits per heavy atom. The lowest BCUT2D eigenvalue weighted by atomic mass is 9.95. The summed E-state index contributed by atoms with van der Waals surface area (Å²) in [6.07, 6.45) is 1.68. The lowest BCUT2D eigenvalue weighted by molar-refractivity contribution is -0.136. The first-order valence-electron chi connectivity index (χ1n) is 12.6. The fourth-order valence-electron chi connectivity index (χ4n) is 5.08. The summed E-state index contributed by atoms with van der Waals surface area (Å²) in [7, 11) is 3.36. The Hall–Kier alpha value is -3.81. The Morgan fingerprint density at radius 3 is 2.14 bits per heavy atom. The van der Waals surface area contributed by atoms with Gasteiger partial charge in [-0.2, -0.15) is 0 Å². The van der Waals surface area contributed by atoms with E-state index in [4.69, 9.17) is 9.47 Å². The van der Waals surface area contributed by atoms with Gasteiger partial charge >= 0.3 is 0 Å². The number of piperidine rings is 1. The molecule has 1 amide bonds. The van der Waals surface area contributed by atoms with Crippen LogP contribution in [0.5, 0.6) is 11.5 Å². The molecule has 3 aromatic rings. The highest BCUT2D eigenvalue weighted by molar-refractivity contribution is 5.79. The highest BCUT2D eigenvalue weighted by Crippen LogP contribution is 2.30. The van der Waals surface area contributed by atoms with Gasteiger partial charge in [0.25, 0.3) is 0 Å². The van der Waals surface area contributed by atoms with Crippen molar-refractivity contribution in [3.8, 4) is 22.8 Å². The maximum absolute atomic E-state index is 13.2. The van der Waals surface area contributed by atoms with Gasteiger partial charge in [0.15, 0.2) is 5.82 Å². The van der Waals surface area contributed by atoms with Crippen LogP contribution in [-0.4, -0.2) is 74.5 Å². The first kappa shape index (κ1) is 23.9. The number of hydrogen-bond acceptors (Lipinski definition) is 7. The summed E-state index contributed by atoms with van der Waals surface area (Å²) in [6, 6.07) is 19.9. The molecular formula is C28H33N5O3. The van der Waals surface area contributed by atoms with E-state index in [1.165, 1.54) is 0 Å². The van der Waals surface area contributed by atoms with Gasteiger partial charge in [-0.1, -0.05) is 12.1 Å². The molecule has 2 aromatic carbocycles. The van der Waals surface area contributed by atoms with Crippen LogP contribution >= 0.6 is 0 Å². The van der Waals surface area contributed by atoms with Crippen molar-refractivity contribution in [3.63, 3.8) is 0 Å². The Kier molecular flexibility index (Phi) is 7.21. The first-order chi connectivity index (χ1) is 17.7. The topological polar surface area (TPSA) is 71.0 Å². The van der Waals surface area contributed by atoms with E-state index in [2.05, 4.69) is 26.1 Å². The third-order valence-corrected chi connectivity index (χ3v) is 7.22. The molecule has 0 N–H and O–H groups in total. The van der Waals surface area contributed by atoms with Crippen LogP contribution in [0.15, 0.2) is 60.7 Å². The molecule has 0 radical (unpaired) electrons. The highest BCUT2D eigenvalue weighted by atomic mass is 16.5. The van der Waals surface area contributed by atoms with Crippen LogP contribution in [-0.2, 0) is 4.79 Å². The van der Waals surface area contributed by atoms with Gasteiger partial charge < -0.3 is 24.2 Å². The summed E-state index contributed by atoms with van der Waals surface area (Å²) in [5.74, 6) is 2.92. The molecule has 8 nitrogen and oxygen atoms in total. The molecule has 188 valence electrons. The largest absolute Gasteiger partial charge is 0.497 e. The second-order valence-electron chi connectivity index (χ2n) is 9.25. The third kappa shape index (κ3) is 5.08. The van der Waals surface area contributed by atoms with E-state index in [1.807, 2.05) is 59.5 Å². The summed E-state index contributed by atoms with van der Waals surface area (Å²) in [5, 5.41) is 8.90. The summed E-state index contributed by atoms with van der Waals surface area (Å²) in [4.78, 5) is 19.8. The van der Waals surface area contributed by atoms with Gasteiger partial charge in [-0.15, -0.1) is 10.2 Å². The van der Waals surface area contributed by atoms with Gasteiger partial charge in [-0.25, -0.2) is 0 Å². The molecule has 8 heteroatoms. The summed E-state index contributed by atoms with van der Waals surface area (Å²) < 4.78 is 10.7. The van der Waals surface area contributed by atoms with E-state index in [-0.39, 0.29) is 11.8 Å². The maximum Gasteiger partial charge on any atom is 0.225 e. The molecule has 0 spiro atoms. The highest BCUT2D eigenvalue weighted by Gasteiger charge is 2.31. The van der Waals surface area contributed by atoms with Crippen molar-refractivity contribution >= 4 is 17.4 Å². The second-order valence-corrected chi connectivity index (χ2v) is 9.25. The molecule has 3 heterocycles. The second kappa shape index (κ2) is 10.8. The molecule has 5 rings (SSSR count). The van der Waals surface area contributed by atoms with Crippen LogP contribution < -0.4 is 19.3 Å². The van der Waals surface area contributed by atoms with E-state index in [9.17, 15) is 4.79 Å². The molecule has 2 aliphatic rings. The average molecular weight is 488 g/mol. The Bertz CT molecular complexity index is 1150. The number of carbonyl (C=O) groups excluding carboxylic acids is 1. The summed E-state index contributed by atoms with van der Waals surface area (Å²) >= 11 is 0. The molecule has 0 unspecified atom stereocenters. The molecular weight excluding hydrogens is 454 g/mol. The Morgan fingerprint density at radius 2 is 1.50 bits per heavy atom. The van der Waals surface area contributed by atoms with Crippen molar-refractivity contribution in [2.45, 2.75) is 12.8 Å². The first-order valence-corrected chi connectivity index (χ1v) is 12.6. The number of anilines is 2. The lowest BCUT2D eigenvalue weighted by Crippen LogP contribution is -2.51. The smallest absolute Gasteiger partial charge is 0.225 e. The van der Waals surface area contributed by atoms with Crippen molar-refractivity contribution in [1.82, 2.24) is 15.1 Å². The Labute approximate surface area is 212 Å². The van der Waals surface area contributed by atoms with E-state index in [0.29, 0.717) is 0 Å². The molecule has 1 aromatic heterocycles. The van der Waals surface area contributed by atoms with E-state index in [0.717, 1.165) is 86.4 Å². The molecule has 36 heavy (non-hydrogen) atoms. The number of ether oxygens (including phenoxy) is 2. The van der Waals surface area contributed by atoms with Crippen LogP contribution in [0.25, 0.3) is 11.3 Å². The SMILES string of the molecule is COc1ccc(-c2ccc(N3CCC(C(=O)N4CCN(c5ccccc5OC)CC4)CC3)nn2)cc1. The molecule has 0 aliphatic carbocycles. The molecule has 0 bridgehead atoms. The summed E-state index contributed by atoms with van der Waals surface area (Å²) in [6.45, 7) is 4.76. The number of methoxy groups -OCH3 is 2. The summed E-state index contributed by atoms with van der Waals surface area (Å²) in [5.41, 5.74) is 2.93. The molecule has 0 atom stereocenters. The number of carbonyl (C=O) groups is 1. The van der Waals surface area contributed by atoms with Gasteiger partial charge in [-0.05, 0) is 61.4 Å². The normalized spacial score (nSPS) is 16.7. The average Bonchev–Trinajstić information content (AvgIpc) is 2.97. The molecule has 0 saturated carbocycles. The fraction of sp³-hybridized carbons (Fsp3) is 0.393. The van der Waals surface area contributed by atoms with Gasteiger partial charge in [0.1, 0.15) is 11.5 Å². The number of nitrogens with zero attached hydrogens (tertiary/aromatic N) is 5. The maximum atomic E-state index is 13.2. The number of piperazine rings is 1. The van der Waals surface area contributed by atoms with E-state index >= 15 is 0 Å². The number of rotatable bonds is 6. The number of benzene rings is 2. The van der Waals surface area contributed by atoms with Gasteiger partial charge in [0.2, 0.25) is 5.91 Å². The van der Waals surface area contributed by atoms with Crippen molar-refractivity contribution in [2.75, 3.05) is 63.3 Å². The zero-order chi connectivity index (χ0) is 24.9. The predicted octanol–water partition coefficient (Wildman–Crippen LogP) is 3.73. The van der Waals surface area contributed by atoms with Crippen LogP contribution in [0, 0.1) is 5.92 Å². The predicted molar refractivity (Wildman–Crippen MR) is 141 cm³/mol. The minimum Gasteiger partial charge on any atom is -0.497 e. The quantitative estimate of drug-likeness (QED) is 0.525. The number of aromatic nitrogens is 2. The van der Waals surface area contributed by atoms with Crippen molar-refractivity contribution in [1.29, 1.82) is 0 Å². The lowest BCUT2D eigenvalue weighted by Gasteiger charge is -2.39. The van der Waals surface area contributed by atoms with Crippen LogP contribution in [0.2, 0.25) is 0 Å². The third-order valence-electron chi connectivity index (χ3n) is 7.22. The van der Waals surface area contributed by atoms with E-state index < -0.39 is 0 Å². The zero-order valence-electron chi connectivity index (χ0n) is 21.0. The van der Waals surface area contributed by atoms with E-state index in [1.54, 1.807) is 14.2 Å². The van der Waals surface area contributed by atoms with Gasteiger partial charge in [-0.3, -0.25) is 4.79 Å². The van der Waals surface area contributed by atoms with Crippen LogP contribution in [0.1, 0.15) is 12.8 Å². The van der Waals surface area contributed by atoms with Crippen molar-refractivity contribution in [3.05, 3.63) is 60.7 Å². The molecule has 2 saturated heterocycles. The van der Waals surface area contributed by atoms with Crippen LogP contribution in [0.3, 0.4) is 0 Å². The minimum atomic E-state index is 0.0746. The minimum absolute atomic E-state index is 0.0746. The van der Waals surface area contributed by atoms with Gasteiger partial charge in [0, 0.05) is 50.7 Å².